The maximum atomic E-state index is 11.4. The van der Waals surface area contributed by atoms with Gasteiger partial charge in [0.25, 0.3) is 5.91 Å². The van der Waals surface area contributed by atoms with E-state index in [1.165, 1.54) is 0 Å². The minimum atomic E-state index is -0.134. The largest absolute Gasteiger partial charge is 0.483 e. The Hall–Kier alpha value is -1.77. The van der Waals surface area contributed by atoms with Crippen LogP contribution in [0.4, 0.5) is 0 Å². The molecule has 0 saturated carbocycles. The minimum absolute atomic E-state index is 0.0406. The van der Waals surface area contributed by atoms with Crippen LogP contribution in [-0.4, -0.2) is 19.1 Å². The predicted octanol–water partition coefficient (Wildman–Crippen LogP) is 2.29. The van der Waals surface area contributed by atoms with Gasteiger partial charge in [-0.2, -0.15) is 0 Å². The van der Waals surface area contributed by atoms with Crippen molar-refractivity contribution in [3.8, 4) is 5.75 Å². The average molecular weight is 233 g/mol. The lowest BCUT2D eigenvalue weighted by molar-refractivity contribution is -0.122. The fourth-order valence-electron chi connectivity index (χ4n) is 1.52. The fraction of sp³-hybridized carbons (Fsp3) is 0.357. The van der Waals surface area contributed by atoms with Crippen LogP contribution in [0.1, 0.15) is 16.7 Å². The zero-order valence-electron chi connectivity index (χ0n) is 10.7. The first-order valence-electron chi connectivity index (χ1n) is 5.63. The van der Waals surface area contributed by atoms with Crippen LogP contribution in [0.25, 0.3) is 0 Å². The van der Waals surface area contributed by atoms with Gasteiger partial charge in [-0.15, -0.1) is 6.58 Å². The molecule has 1 rings (SSSR count). The van der Waals surface area contributed by atoms with Gasteiger partial charge in [0.15, 0.2) is 6.61 Å². The van der Waals surface area contributed by atoms with Gasteiger partial charge in [-0.3, -0.25) is 4.79 Å². The molecule has 0 aliphatic carbocycles. The lowest BCUT2D eigenvalue weighted by Crippen LogP contribution is -2.29. The second-order valence-electron chi connectivity index (χ2n) is 4.03. The van der Waals surface area contributed by atoms with Crippen LogP contribution >= 0.6 is 0 Å². The van der Waals surface area contributed by atoms with E-state index in [1.54, 1.807) is 6.08 Å². The van der Waals surface area contributed by atoms with Crippen LogP contribution in [-0.2, 0) is 4.79 Å². The maximum absolute atomic E-state index is 11.4. The van der Waals surface area contributed by atoms with Gasteiger partial charge >= 0.3 is 0 Å². The average Bonchev–Trinajstić information content (AvgIpc) is 2.31. The van der Waals surface area contributed by atoms with Crippen molar-refractivity contribution in [2.45, 2.75) is 20.8 Å². The molecule has 3 heteroatoms. The molecule has 17 heavy (non-hydrogen) atoms. The molecule has 0 unspecified atom stereocenters. The summed E-state index contributed by atoms with van der Waals surface area (Å²) in [5.74, 6) is 0.670. The Balaban J connectivity index is 2.66. The van der Waals surface area contributed by atoms with E-state index in [9.17, 15) is 4.79 Å². The van der Waals surface area contributed by atoms with E-state index < -0.39 is 0 Å². The van der Waals surface area contributed by atoms with E-state index >= 15 is 0 Å². The van der Waals surface area contributed by atoms with Crippen molar-refractivity contribution < 1.29 is 9.53 Å². The summed E-state index contributed by atoms with van der Waals surface area (Å²) < 4.78 is 5.56. The van der Waals surface area contributed by atoms with E-state index in [1.807, 2.05) is 26.8 Å². The Bertz CT molecular complexity index is 424. The highest BCUT2D eigenvalue weighted by molar-refractivity contribution is 5.77. The van der Waals surface area contributed by atoms with Gasteiger partial charge in [-0.1, -0.05) is 18.2 Å². The van der Waals surface area contributed by atoms with Crippen LogP contribution in [0, 0.1) is 20.8 Å². The third-order valence-electron chi connectivity index (χ3n) is 2.66. The van der Waals surface area contributed by atoms with Gasteiger partial charge in [-0.05, 0) is 37.5 Å². The molecule has 1 aromatic carbocycles. The SMILES string of the molecule is C=CCNC(=O)COc1c(C)ccc(C)c1C. The summed E-state index contributed by atoms with van der Waals surface area (Å²) >= 11 is 0. The van der Waals surface area contributed by atoms with Gasteiger partial charge < -0.3 is 10.1 Å². The lowest BCUT2D eigenvalue weighted by Gasteiger charge is -2.13. The molecular weight excluding hydrogens is 214 g/mol. The Morgan fingerprint density at radius 3 is 2.65 bits per heavy atom. The van der Waals surface area contributed by atoms with E-state index in [0.717, 1.165) is 22.4 Å². The molecule has 1 aromatic rings. The van der Waals surface area contributed by atoms with Crippen LogP contribution < -0.4 is 10.1 Å². The Morgan fingerprint density at radius 2 is 2.00 bits per heavy atom. The van der Waals surface area contributed by atoms with Gasteiger partial charge in [0, 0.05) is 6.54 Å². The molecule has 0 aromatic heterocycles. The number of amides is 1. The van der Waals surface area contributed by atoms with Crippen LogP contribution in [0.2, 0.25) is 0 Å². The van der Waals surface area contributed by atoms with Crippen LogP contribution in [0.15, 0.2) is 24.8 Å². The molecule has 0 heterocycles. The zero-order valence-corrected chi connectivity index (χ0v) is 10.7. The normalized spacial score (nSPS) is 9.82. The number of benzene rings is 1. The molecule has 0 spiro atoms. The van der Waals surface area contributed by atoms with Gasteiger partial charge in [0.1, 0.15) is 5.75 Å². The lowest BCUT2D eigenvalue weighted by atomic mass is 10.1. The molecule has 1 N–H and O–H groups in total. The Labute approximate surface area is 102 Å². The van der Waals surface area contributed by atoms with Crippen molar-refractivity contribution in [2.75, 3.05) is 13.2 Å². The first-order valence-corrected chi connectivity index (χ1v) is 5.63. The molecule has 0 aliphatic heterocycles. The maximum Gasteiger partial charge on any atom is 0.258 e. The molecule has 0 aliphatic rings. The summed E-state index contributed by atoms with van der Waals surface area (Å²) in [5.41, 5.74) is 3.29. The summed E-state index contributed by atoms with van der Waals surface area (Å²) in [6.45, 7) is 10.0. The molecule has 0 bridgehead atoms. The van der Waals surface area contributed by atoms with Crippen molar-refractivity contribution in [1.82, 2.24) is 5.32 Å². The number of nitrogens with one attached hydrogen (secondary N) is 1. The molecule has 1 amide bonds. The summed E-state index contributed by atoms with van der Waals surface area (Å²) in [5, 5.41) is 2.67. The van der Waals surface area contributed by atoms with E-state index in [-0.39, 0.29) is 12.5 Å². The number of ether oxygens (including phenoxy) is 1. The number of aryl methyl sites for hydroxylation is 2. The smallest absolute Gasteiger partial charge is 0.258 e. The number of carbonyl (C=O) groups excluding carboxylic acids is 1. The van der Waals surface area contributed by atoms with Gasteiger partial charge in [0.2, 0.25) is 0 Å². The quantitative estimate of drug-likeness (QED) is 0.792. The molecule has 92 valence electrons. The third-order valence-corrected chi connectivity index (χ3v) is 2.66. The van der Waals surface area contributed by atoms with Crippen molar-refractivity contribution in [3.63, 3.8) is 0 Å². The summed E-state index contributed by atoms with van der Waals surface area (Å²) in [6.07, 6.45) is 1.64. The second-order valence-corrected chi connectivity index (χ2v) is 4.03. The van der Waals surface area contributed by atoms with Crippen molar-refractivity contribution in [2.24, 2.45) is 0 Å². The highest BCUT2D eigenvalue weighted by Gasteiger charge is 2.08. The predicted molar refractivity (Wildman–Crippen MR) is 69.4 cm³/mol. The third kappa shape index (κ3) is 3.63. The first-order chi connectivity index (χ1) is 8.06. The topological polar surface area (TPSA) is 38.3 Å². The van der Waals surface area contributed by atoms with Crippen molar-refractivity contribution in [3.05, 3.63) is 41.5 Å². The highest BCUT2D eigenvalue weighted by Crippen LogP contribution is 2.25. The number of carbonyl (C=O) groups is 1. The van der Waals surface area contributed by atoms with E-state index in [2.05, 4.69) is 18.0 Å². The summed E-state index contributed by atoms with van der Waals surface area (Å²) in [7, 11) is 0. The second kappa shape index (κ2) is 6.09. The molecule has 0 fully saturated rings. The molecule has 0 saturated heterocycles. The Kier molecular flexibility index (Phi) is 4.76. The molecule has 0 atom stereocenters. The van der Waals surface area contributed by atoms with Crippen molar-refractivity contribution >= 4 is 5.91 Å². The minimum Gasteiger partial charge on any atom is -0.483 e. The van der Waals surface area contributed by atoms with E-state index in [0.29, 0.717) is 6.54 Å². The van der Waals surface area contributed by atoms with Crippen molar-refractivity contribution in [1.29, 1.82) is 0 Å². The first kappa shape index (κ1) is 13.3. The zero-order chi connectivity index (χ0) is 12.8. The highest BCUT2D eigenvalue weighted by atomic mass is 16.5. The summed E-state index contributed by atoms with van der Waals surface area (Å²) in [6, 6.07) is 4.05. The Morgan fingerprint density at radius 1 is 1.35 bits per heavy atom. The number of hydrogen-bond donors (Lipinski definition) is 1. The molecule has 3 nitrogen and oxygen atoms in total. The monoisotopic (exact) mass is 233 g/mol. The van der Waals surface area contributed by atoms with Gasteiger partial charge in [-0.25, -0.2) is 0 Å². The fourth-order valence-corrected chi connectivity index (χ4v) is 1.52. The van der Waals surface area contributed by atoms with E-state index in [4.69, 9.17) is 4.74 Å². The van der Waals surface area contributed by atoms with Gasteiger partial charge in [0.05, 0.1) is 0 Å². The number of hydrogen-bond acceptors (Lipinski definition) is 2. The molecule has 0 radical (unpaired) electrons. The standard InChI is InChI=1S/C14H19NO2/c1-5-8-15-13(16)9-17-14-11(3)7-6-10(2)12(14)4/h5-7H,1,8-9H2,2-4H3,(H,15,16). The molecular formula is C14H19NO2. The van der Waals surface area contributed by atoms with Crippen LogP contribution in [0.5, 0.6) is 5.75 Å². The van der Waals surface area contributed by atoms with Crippen LogP contribution in [0.3, 0.4) is 0 Å². The summed E-state index contributed by atoms with van der Waals surface area (Å²) in [4.78, 5) is 11.4. The number of rotatable bonds is 5.